The predicted octanol–water partition coefficient (Wildman–Crippen LogP) is 5.10. The molecule has 8 heteroatoms. The molecular weight excluding hydrogens is 456 g/mol. The van der Waals surface area contributed by atoms with Gasteiger partial charge in [0.15, 0.2) is 5.75 Å². The van der Waals surface area contributed by atoms with Crippen LogP contribution in [0.5, 0.6) is 5.75 Å². The largest absolute Gasteiger partial charge is 0.425 e. The third-order valence-electron chi connectivity index (χ3n) is 6.00. The Balaban J connectivity index is 1.87. The normalized spacial score (nSPS) is 12.2. The van der Waals surface area contributed by atoms with Crippen LogP contribution >= 0.6 is 11.6 Å². The number of nitrogens with one attached hydrogen (secondary N) is 1. The molecular formula is C26H37ClN2O5. The Hall–Kier alpha value is -2.38. The van der Waals surface area contributed by atoms with Gasteiger partial charge in [-0.05, 0) is 32.0 Å². The zero-order valence-electron chi connectivity index (χ0n) is 20.7. The summed E-state index contributed by atoms with van der Waals surface area (Å²) in [6, 6.07) is 4.68. The fraction of sp³-hybridized carbons (Fsp3) is 0.577. The number of amides is 1. The van der Waals surface area contributed by atoms with Crippen LogP contribution in [0.3, 0.4) is 0 Å². The molecule has 0 saturated carbocycles. The molecule has 2 rings (SSSR count). The van der Waals surface area contributed by atoms with Crippen molar-refractivity contribution in [3.05, 3.63) is 39.2 Å². The van der Waals surface area contributed by atoms with E-state index in [4.69, 9.17) is 20.8 Å². The Labute approximate surface area is 206 Å². The summed E-state index contributed by atoms with van der Waals surface area (Å²) < 4.78 is 10.3. The molecule has 0 aliphatic heterocycles. The number of rotatable bonds is 14. The van der Waals surface area contributed by atoms with Gasteiger partial charge in [0.2, 0.25) is 5.91 Å². The van der Waals surface area contributed by atoms with E-state index in [1.807, 2.05) is 0 Å². The maximum atomic E-state index is 12.5. The molecule has 7 nitrogen and oxygen atoms in total. The molecule has 0 saturated heterocycles. The van der Waals surface area contributed by atoms with E-state index in [2.05, 4.69) is 31.1 Å². The second kappa shape index (κ2) is 14.1. The first-order valence-corrected chi connectivity index (χ1v) is 12.5. The summed E-state index contributed by atoms with van der Waals surface area (Å²) >= 11 is 6.21. The molecule has 1 aromatic heterocycles. The Morgan fingerprint density at radius 1 is 1.15 bits per heavy atom. The maximum Gasteiger partial charge on any atom is 0.336 e. The lowest BCUT2D eigenvalue weighted by atomic mass is 10.1. The number of unbranched alkanes of at least 4 members (excludes halogenated alkanes) is 5. The minimum Gasteiger partial charge on any atom is -0.425 e. The summed E-state index contributed by atoms with van der Waals surface area (Å²) in [5.41, 5.74) is 0.124. The number of fused-ring (bicyclic) bond motifs is 1. The average Bonchev–Trinajstić information content (AvgIpc) is 2.76. The van der Waals surface area contributed by atoms with E-state index in [1.165, 1.54) is 57.6 Å². The van der Waals surface area contributed by atoms with E-state index in [0.29, 0.717) is 23.5 Å². The molecule has 0 aliphatic carbocycles. The van der Waals surface area contributed by atoms with Crippen LogP contribution in [-0.2, 0) is 16.0 Å². The van der Waals surface area contributed by atoms with E-state index in [1.54, 1.807) is 6.07 Å². The molecule has 0 fully saturated rings. The number of carbonyl (C=O) groups is 2. The third kappa shape index (κ3) is 9.11. The second-order valence-corrected chi connectivity index (χ2v) is 9.28. The number of ether oxygens (including phenoxy) is 1. The lowest BCUT2D eigenvalue weighted by Crippen LogP contribution is -2.37. The fourth-order valence-electron chi connectivity index (χ4n) is 3.88. The van der Waals surface area contributed by atoms with Crippen molar-refractivity contribution in [1.82, 2.24) is 10.2 Å². The molecule has 1 unspecified atom stereocenters. The first-order valence-electron chi connectivity index (χ1n) is 12.1. The number of halogens is 1. The monoisotopic (exact) mass is 492 g/mol. The van der Waals surface area contributed by atoms with Gasteiger partial charge in [-0.15, -0.1) is 0 Å². The predicted molar refractivity (Wildman–Crippen MR) is 136 cm³/mol. The Bertz CT molecular complexity index is 1020. The Kier molecular flexibility index (Phi) is 11.6. The maximum absolute atomic E-state index is 12.5. The van der Waals surface area contributed by atoms with Crippen molar-refractivity contribution in [1.29, 1.82) is 0 Å². The van der Waals surface area contributed by atoms with Gasteiger partial charge in [-0.1, -0.05) is 57.0 Å². The van der Waals surface area contributed by atoms with Crippen LogP contribution in [0.2, 0.25) is 5.02 Å². The fourth-order valence-corrected chi connectivity index (χ4v) is 4.08. The number of hydrogen-bond acceptors (Lipinski definition) is 6. The molecule has 2 aromatic rings. The van der Waals surface area contributed by atoms with Gasteiger partial charge >= 0.3 is 11.6 Å². The van der Waals surface area contributed by atoms with Crippen molar-refractivity contribution >= 4 is 34.4 Å². The van der Waals surface area contributed by atoms with Crippen molar-refractivity contribution in [2.24, 2.45) is 0 Å². The molecule has 34 heavy (non-hydrogen) atoms. The highest BCUT2D eigenvalue weighted by atomic mass is 35.5. The summed E-state index contributed by atoms with van der Waals surface area (Å²) in [7, 11) is 2.08. The molecule has 0 spiro atoms. The number of nitrogens with zero attached hydrogens (tertiary/aromatic N) is 1. The molecule has 1 N–H and O–H groups in total. The topological polar surface area (TPSA) is 88.8 Å². The van der Waals surface area contributed by atoms with Crippen LogP contribution in [0.25, 0.3) is 11.0 Å². The first-order chi connectivity index (χ1) is 16.2. The third-order valence-corrected chi connectivity index (χ3v) is 6.30. The minimum atomic E-state index is -0.588. The van der Waals surface area contributed by atoms with Gasteiger partial charge in [0.25, 0.3) is 0 Å². The van der Waals surface area contributed by atoms with Gasteiger partial charge in [-0.3, -0.25) is 9.59 Å². The summed E-state index contributed by atoms with van der Waals surface area (Å²) in [5.74, 6) is -0.626. The van der Waals surface area contributed by atoms with Crippen molar-refractivity contribution < 1.29 is 18.7 Å². The van der Waals surface area contributed by atoms with Crippen LogP contribution < -0.4 is 15.7 Å². The van der Waals surface area contributed by atoms with Gasteiger partial charge in [0.1, 0.15) is 5.58 Å². The number of esters is 1. The summed E-state index contributed by atoms with van der Waals surface area (Å²) in [6.45, 7) is 6.97. The molecule has 1 atom stereocenters. The van der Waals surface area contributed by atoms with Gasteiger partial charge in [-0.2, -0.15) is 0 Å². The van der Waals surface area contributed by atoms with Crippen molar-refractivity contribution in [2.75, 3.05) is 20.1 Å². The van der Waals surface area contributed by atoms with Crippen molar-refractivity contribution in [3.63, 3.8) is 0 Å². The average molecular weight is 493 g/mol. The van der Waals surface area contributed by atoms with E-state index >= 15 is 0 Å². The summed E-state index contributed by atoms with van der Waals surface area (Å²) in [6.07, 6.45) is 8.90. The molecule has 1 heterocycles. The minimum absolute atomic E-state index is 0.0162. The van der Waals surface area contributed by atoms with Gasteiger partial charge in [-0.25, -0.2) is 4.79 Å². The number of hydrogen-bond donors (Lipinski definition) is 1. The van der Waals surface area contributed by atoms with Gasteiger partial charge in [0.05, 0.1) is 11.4 Å². The number of likely N-dealkylation sites (N-methyl/N-ethyl adjacent to an activating group) is 1. The lowest BCUT2D eigenvalue weighted by Gasteiger charge is -2.24. The van der Waals surface area contributed by atoms with Gasteiger partial charge < -0.3 is 19.4 Å². The molecule has 1 amide bonds. The van der Waals surface area contributed by atoms with E-state index in [0.717, 1.165) is 13.0 Å². The zero-order valence-corrected chi connectivity index (χ0v) is 21.5. The van der Waals surface area contributed by atoms with Crippen LogP contribution in [0.15, 0.2) is 27.4 Å². The first kappa shape index (κ1) is 27.9. The molecule has 0 radical (unpaired) electrons. The van der Waals surface area contributed by atoms with Gasteiger partial charge in [0, 0.05) is 43.6 Å². The Morgan fingerprint density at radius 2 is 1.85 bits per heavy atom. The Morgan fingerprint density at radius 3 is 2.56 bits per heavy atom. The molecule has 0 bridgehead atoms. The molecule has 1 aromatic carbocycles. The molecule has 0 aliphatic rings. The highest BCUT2D eigenvalue weighted by Gasteiger charge is 2.15. The SMILES string of the molecule is CCCCCCCCC(C)N(C)CCNC(=O)Cc1cc(=O)oc2cc(OC(C)=O)c(Cl)cc12. The summed E-state index contributed by atoms with van der Waals surface area (Å²) in [5, 5.41) is 3.65. The summed E-state index contributed by atoms with van der Waals surface area (Å²) in [4.78, 5) is 38.0. The van der Waals surface area contributed by atoms with Crippen LogP contribution in [-0.4, -0.2) is 43.0 Å². The van der Waals surface area contributed by atoms with Crippen molar-refractivity contribution in [2.45, 2.75) is 78.2 Å². The smallest absolute Gasteiger partial charge is 0.336 e. The van der Waals surface area contributed by atoms with Crippen molar-refractivity contribution in [3.8, 4) is 5.75 Å². The van der Waals surface area contributed by atoms with Crippen LogP contribution in [0.4, 0.5) is 0 Å². The zero-order chi connectivity index (χ0) is 25.1. The highest BCUT2D eigenvalue weighted by Crippen LogP contribution is 2.31. The van der Waals surface area contributed by atoms with E-state index in [-0.39, 0.29) is 28.7 Å². The quantitative estimate of drug-likeness (QED) is 0.171. The van der Waals surface area contributed by atoms with E-state index in [9.17, 15) is 14.4 Å². The lowest BCUT2D eigenvalue weighted by molar-refractivity contribution is -0.131. The van der Waals surface area contributed by atoms with E-state index < -0.39 is 11.6 Å². The second-order valence-electron chi connectivity index (χ2n) is 8.88. The highest BCUT2D eigenvalue weighted by molar-refractivity contribution is 6.33. The standard InChI is InChI=1S/C26H37ClN2O5/c1-5-6-7-8-9-10-11-18(2)29(4)13-12-28-25(31)14-20-15-26(32)34-23-17-24(33-19(3)30)22(27)16-21(20)23/h15-18H,5-14H2,1-4H3,(H,28,31). The number of benzene rings is 1. The molecule has 188 valence electrons. The number of carbonyl (C=O) groups excluding carboxylic acids is 2. The van der Waals surface area contributed by atoms with Crippen LogP contribution in [0, 0.1) is 0 Å². The van der Waals surface area contributed by atoms with Crippen LogP contribution in [0.1, 0.15) is 71.3 Å².